The maximum atomic E-state index is 14.3. The lowest BCUT2D eigenvalue weighted by molar-refractivity contribution is -0.141. The van der Waals surface area contributed by atoms with Crippen molar-refractivity contribution in [1.29, 1.82) is 0 Å². The molecule has 1 aromatic carbocycles. The zero-order valence-corrected chi connectivity index (χ0v) is 30.0. The van der Waals surface area contributed by atoms with E-state index >= 15 is 0 Å². The topological polar surface area (TPSA) is 118 Å². The highest BCUT2D eigenvalue weighted by Gasteiger charge is 2.47. The SMILES string of the molecule is Cc1ncsc1-c1ccc([C@H](C)NC(=O)[C@@H]2C[C@@H](O[Si](C)(C)C(C)(C)C)CN2C(=O)C(c2cc(CCCO)no2)C(C)C)cc1. The van der Waals surface area contributed by atoms with Gasteiger partial charge < -0.3 is 24.3 Å². The first-order valence-corrected chi connectivity index (χ1v) is 19.8. The molecule has 3 heterocycles. The first kappa shape index (κ1) is 35.0. The Labute approximate surface area is 272 Å². The predicted molar refractivity (Wildman–Crippen MR) is 181 cm³/mol. The molecule has 1 aliphatic rings. The molecule has 0 saturated carbocycles. The molecule has 3 aromatic rings. The second-order valence-electron chi connectivity index (χ2n) is 14.1. The molecule has 1 fully saturated rings. The van der Waals surface area contributed by atoms with Gasteiger partial charge in [0.1, 0.15) is 17.7 Å². The van der Waals surface area contributed by atoms with Crippen molar-refractivity contribution in [2.45, 2.75) is 110 Å². The van der Waals surface area contributed by atoms with E-state index in [0.717, 1.165) is 21.7 Å². The van der Waals surface area contributed by atoms with E-state index in [1.807, 2.05) is 51.4 Å². The largest absolute Gasteiger partial charge is 0.412 e. The number of aryl methyl sites for hydroxylation is 2. The summed E-state index contributed by atoms with van der Waals surface area (Å²) in [5.74, 6) is -0.542. The summed E-state index contributed by atoms with van der Waals surface area (Å²) < 4.78 is 12.4. The molecular formula is C34H50N4O5SSi. The van der Waals surface area contributed by atoms with Gasteiger partial charge in [0, 0.05) is 25.6 Å². The molecule has 0 bridgehead atoms. The van der Waals surface area contributed by atoms with Crippen LogP contribution < -0.4 is 5.32 Å². The van der Waals surface area contributed by atoms with Crippen LogP contribution in [0.15, 0.2) is 40.4 Å². The number of rotatable bonds is 12. The van der Waals surface area contributed by atoms with Crippen molar-refractivity contribution in [2.24, 2.45) is 5.92 Å². The molecule has 0 radical (unpaired) electrons. The molecule has 4 rings (SSSR count). The third kappa shape index (κ3) is 8.11. The quantitative estimate of drug-likeness (QED) is 0.210. The van der Waals surface area contributed by atoms with Gasteiger partial charge in [-0.05, 0) is 61.9 Å². The lowest BCUT2D eigenvalue weighted by Gasteiger charge is -2.38. The first-order valence-electron chi connectivity index (χ1n) is 16.0. The lowest BCUT2D eigenvalue weighted by atomic mass is 9.91. The van der Waals surface area contributed by atoms with Crippen molar-refractivity contribution in [2.75, 3.05) is 13.2 Å². The molecule has 1 unspecified atom stereocenters. The second kappa shape index (κ2) is 14.3. The van der Waals surface area contributed by atoms with Crippen molar-refractivity contribution in [3.05, 3.63) is 58.6 Å². The fraction of sp³-hybridized carbons (Fsp3) is 0.588. The molecule has 2 N–H and O–H groups in total. The van der Waals surface area contributed by atoms with Crippen LogP contribution in [0, 0.1) is 12.8 Å². The van der Waals surface area contributed by atoms with Crippen molar-refractivity contribution in [1.82, 2.24) is 20.4 Å². The fourth-order valence-corrected chi connectivity index (χ4v) is 7.80. The maximum Gasteiger partial charge on any atom is 0.243 e. The first-order chi connectivity index (χ1) is 21.1. The van der Waals surface area contributed by atoms with Gasteiger partial charge in [0.2, 0.25) is 11.8 Å². The number of amides is 2. The molecule has 246 valence electrons. The van der Waals surface area contributed by atoms with E-state index in [1.165, 1.54) is 0 Å². The van der Waals surface area contributed by atoms with E-state index in [1.54, 1.807) is 16.2 Å². The molecule has 1 aliphatic heterocycles. The molecular weight excluding hydrogens is 605 g/mol. The van der Waals surface area contributed by atoms with Crippen LogP contribution >= 0.6 is 11.3 Å². The van der Waals surface area contributed by atoms with E-state index in [9.17, 15) is 14.7 Å². The van der Waals surface area contributed by atoms with Crippen LogP contribution in [0.2, 0.25) is 18.1 Å². The minimum Gasteiger partial charge on any atom is -0.412 e. The summed E-state index contributed by atoms with van der Waals surface area (Å²) in [5.41, 5.74) is 5.64. The van der Waals surface area contributed by atoms with Crippen LogP contribution in [-0.2, 0) is 20.4 Å². The Morgan fingerprint density at radius 3 is 2.47 bits per heavy atom. The van der Waals surface area contributed by atoms with Crippen LogP contribution in [0.5, 0.6) is 0 Å². The number of aliphatic hydroxyl groups excluding tert-OH is 1. The van der Waals surface area contributed by atoms with Gasteiger partial charge in [-0.15, -0.1) is 11.3 Å². The highest BCUT2D eigenvalue weighted by molar-refractivity contribution is 7.13. The number of thiazole rings is 1. The lowest BCUT2D eigenvalue weighted by Crippen LogP contribution is -2.48. The summed E-state index contributed by atoms with van der Waals surface area (Å²) in [6, 6.07) is 9.08. The van der Waals surface area contributed by atoms with Gasteiger partial charge in [0.25, 0.3) is 0 Å². The van der Waals surface area contributed by atoms with Crippen LogP contribution in [0.4, 0.5) is 0 Å². The summed E-state index contributed by atoms with van der Waals surface area (Å²) in [5, 5.41) is 16.6. The number of likely N-dealkylation sites (tertiary alicyclic amines) is 1. The summed E-state index contributed by atoms with van der Waals surface area (Å²) in [6.07, 6.45) is 1.33. The molecule has 11 heteroatoms. The minimum atomic E-state index is -2.16. The zero-order valence-electron chi connectivity index (χ0n) is 28.2. The summed E-state index contributed by atoms with van der Waals surface area (Å²) in [6.45, 7) is 19.3. The Balaban J connectivity index is 1.57. The third-order valence-corrected chi connectivity index (χ3v) is 14.8. The van der Waals surface area contributed by atoms with Gasteiger partial charge in [-0.2, -0.15) is 0 Å². The van der Waals surface area contributed by atoms with E-state index in [0.29, 0.717) is 37.3 Å². The van der Waals surface area contributed by atoms with Gasteiger partial charge in [-0.1, -0.05) is 64.0 Å². The summed E-state index contributed by atoms with van der Waals surface area (Å²) in [7, 11) is -2.16. The Kier molecular flexibility index (Phi) is 11.1. The van der Waals surface area contributed by atoms with Gasteiger partial charge in [-0.3, -0.25) is 9.59 Å². The van der Waals surface area contributed by atoms with Gasteiger partial charge in [0.15, 0.2) is 8.32 Å². The number of benzene rings is 1. The molecule has 2 aromatic heterocycles. The number of carbonyl (C=O) groups excluding carboxylic acids is 2. The molecule has 9 nitrogen and oxygen atoms in total. The fourth-order valence-electron chi connectivity index (χ4n) is 5.63. The number of carbonyl (C=O) groups is 2. The number of hydrogen-bond donors (Lipinski definition) is 2. The van der Waals surface area contributed by atoms with Crippen molar-refractivity contribution < 1.29 is 23.6 Å². The van der Waals surface area contributed by atoms with Crippen molar-refractivity contribution in [3.63, 3.8) is 0 Å². The number of aliphatic hydroxyl groups is 1. The molecule has 4 atom stereocenters. The van der Waals surface area contributed by atoms with Gasteiger partial charge in [0.05, 0.1) is 33.9 Å². The average molecular weight is 655 g/mol. The minimum absolute atomic E-state index is 0.00808. The number of hydrogen-bond acceptors (Lipinski definition) is 8. The highest BCUT2D eigenvalue weighted by atomic mass is 32.1. The third-order valence-electron chi connectivity index (χ3n) is 9.30. The van der Waals surface area contributed by atoms with Crippen LogP contribution in [0.25, 0.3) is 10.4 Å². The Morgan fingerprint density at radius 1 is 1.20 bits per heavy atom. The summed E-state index contributed by atoms with van der Waals surface area (Å²) in [4.78, 5) is 35.5. The van der Waals surface area contributed by atoms with Crippen molar-refractivity contribution in [3.8, 4) is 10.4 Å². The smallest absolute Gasteiger partial charge is 0.243 e. The Morgan fingerprint density at radius 2 is 1.89 bits per heavy atom. The standard InChI is InChI=1S/C34H50N4O5SSi/c1-21(2)30(29-17-26(37-42-29)11-10-16-39)33(41)38-19-27(43-45(8,9)34(5,6)7)18-28(38)32(40)36-22(3)24-12-14-25(15-13-24)31-23(4)35-20-44-31/h12-15,17,20-22,27-28,30,39H,10-11,16,18-19H2,1-9H3,(H,36,40)/t22-,27+,28-,30?/m0/s1. The van der Waals surface area contributed by atoms with E-state index < -0.39 is 20.3 Å². The number of aromatic nitrogens is 2. The van der Waals surface area contributed by atoms with Crippen LogP contribution in [0.1, 0.15) is 89.1 Å². The Bertz CT molecular complexity index is 1450. The monoisotopic (exact) mass is 654 g/mol. The maximum absolute atomic E-state index is 14.3. The van der Waals surface area contributed by atoms with E-state index in [-0.39, 0.29) is 41.5 Å². The van der Waals surface area contributed by atoms with Crippen LogP contribution in [-0.4, -0.2) is 65.6 Å². The molecule has 2 amide bonds. The number of nitrogens with zero attached hydrogens (tertiary/aromatic N) is 3. The molecule has 1 saturated heterocycles. The predicted octanol–water partition coefficient (Wildman–Crippen LogP) is 6.64. The van der Waals surface area contributed by atoms with Crippen molar-refractivity contribution >= 4 is 31.5 Å². The average Bonchev–Trinajstić information content (AvgIpc) is 3.71. The highest BCUT2D eigenvalue weighted by Crippen LogP contribution is 2.40. The van der Waals surface area contributed by atoms with Crippen LogP contribution in [0.3, 0.4) is 0 Å². The summed E-state index contributed by atoms with van der Waals surface area (Å²) >= 11 is 1.61. The zero-order chi connectivity index (χ0) is 33.1. The molecule has 0 spiro atoms. The number of nitrogens with one attached hydrogen (secondary N) is 1. The van der Waals surface area contributed by atoms with E-state index in [2.05, 4.69) is 61.5 Å². The Hall–Kier alpha value is -2.86. The van der Waals surface area contributed by atoms with Gasteiger partial charge in [-0.25, -0.2) is 4.98 Å². The van der Waals surface area contributed by atoms with E-state index in [4.69, 9.17) is 8.95 Å². The molecule has 0 aliphatic carbocycles. The van der Waals surface area contributed by atoms with Gasteiger partial charge >= 0.3 is 0 Å². The normalized spacial score (nSPS) is 18.8. The second-order valence-corrected chi connectivity index (χ2v) is 19.7. The molecule has 45 heavy (non-hydrogen) atoms.